The normalized spacial score (nSPS) is 25.0. The molecule has 1 heterocycles. The van der Waals surface area contributed by atoms with Crippen LogP contribution in [0.3, 0.4) is 0 Å². The van der Waals surface area contributed by atoms with Gasteiger partial charge in [0.2, 0.25) is 11.8 Å². The Kier molecular flexibility index (Phi) is 3.93. The summed E-state index contributed by atoms with van der Waals surface area (Å²) in [5.41, 5.74) is 0.877. The van der Waals surface area contributed by atoms with Crippen molar-refractivity contribution in [3.05, 3.63) is 35.6 Å². The lowest BCUT2D eigenvalue weighted by Gasteiger charge is -2.17. The standard InChI is InChI=1S/C19H25FN2O2/c1-18(2)16(19(18,3)4)17(24)21-14-9-15(23)22(11-14)10-12-5-7-13(20)8-6-12/h5-8,14,16H,9-11H2,1-4H3,(H,21,24). The fraction of sp³-hybridized carbons (Fsp3) is 0.579. The Hall–Kier alpha value is -1.91. The van der Waals surface area contributed by atoms with Crippen LogP contribution in [0.4, 0.5) is 4.39 Å². The van der Waals surface area contributed by atoms with Crippen LogP contribution in [0, 0.1) is 22.6 Å². The van der Waals surface area contributed by atoms with E-state index in [4.69, 9.17) is 0 Å². The number of amides is 2. The number of hydrogen-bond donors (Lipinski definition) is 1. The second-order valence-electron chi connectivity index (χ2n) is 8.19. The maximum atomic E-state index is 13.0. The number of benzene rings is 1. The summed E-state index contributed by atoms with van der Waals surface area (Å²) in [6.45, 7) is 9.40. The van der Waals surface area contributed by atoms with Gasteiger partial charge in [-0.15, -0.1) is 0 Å². The lowest BCUT2D eigenvalue weighted by molar-refractivity contribution is -0.128. The summed E-state index contributed by atoms with van der Waals surface area (Å²) in [6, 6.07) is 6.02. The average molecular weight is 332 g/mol. The van der Waals surface area contributed by atoms with Gasteiger partial charge in [0.25, 0.3) is 0 Å². The Labute approximate surface area is 142 Å². The van der Waals surface area contributed by atoms with Gasteiger partial charge in [-0.05, 0) is 28.5 Å². The molecule has 130 valence electrons. The third-order valence-corrected chi connectivity index (χ3v) is 6.13. The first kappa shape index (κ1) is 16.9. The highest BCUT2D eigenvalue weighted by molar-refractivity contribution is 5.86. The third-order valence-electron chi connectivity index (χ3n) is 6.13. The predicted octanol–water partition coefficient (Wildman–Crippen LogP) is 2.73. The van der Waals surface area contributed by atoms with Gasteiger partial charge in [-0.1, -0.05) is 39.8 Å². The average Bonchev–Trinajstić information content (AvgIpc) is 2.72. The lowest BCUT2D eigenvalue weighted by Crippen LogP contribution is -2.39. The van der Waals surface area contributed by atoms with E-state index in [-0.39, 0.29) is 40.4 Å². The minimum absolute atomic E-state index is 0.00645. The SMILES string of the molecule is CC1(C)C(C(=O)NC2CC(=O)N(Cc3ccc(F)cc3)C2)C1(C)C. The zero-order chi connectivity index (χ0) is 17.7. The zero-order valence-electron chi connectivity index (χ0n) is 14.7. The van der Waals surface area contributed by atoms with Gasteiger partial charge in [0.1, 0.15) is 5.82 Å². The predicted molar refractivity (Wildman–Crippen MR) is 89.4 cm³/mol. The van der Waals surface area contributed by atoms with E-state index in [0.717, 1.165) is 5.56 Å². The first-order valence-electron chi connectivity index (χ1n) is 8.45. The Morgan fingerprint density at radius 3 is 2.33 bits per heavy atom. The molecule has 1 aliphatic heterocycles. The van der Waals surface area contributed by atoms with Gasteiger partial charge in [-0.3, -0.25) is 9.59 Å². The van der Waals surface area contributed by atoms with Crippen molar-refractivity contribution in [2.45, 2.75) is 46.7 Å². The van der Waals surface area contributed by atoms with E-state index in [0.29, 0.717) is 19.5 Å². The van der Waals surface area contributed by atoms with Crippen LogP contribution in [0.1, 0.15) is 39.7 Å². The van der Waals surface area contributed by atoms with E-state index in [2.05, 4.69) is 33.0 Å². The summed E-state index contributed by atoms with van der Waals surface area (Å²) in [4.78, 5) is 26.4. The van der Waals surface area contributed by atoms with Crippen molar-refractivity contribution in [1.29, 1.82) is 0 Å². The van der Waals surface area contributed by atoms with Gasteiger partial charge < -0.3 is 10.2 Å². The molecule has 1 aromatic rings. The molecule has 2 fully saturated rings. The van der Waals surface area contributed by atoms with Crippen LogP contribution in [-0.4, -0.2) is 29.3 Å². The number of nitrogens with one attached hydrogen (secondary N) is 1. The van der Waals surface area contributed by atoms with Crippen LogP contribution in [-0.2, 0) is 16.1 Å². The van der Waals surface area contributed by atoms with Gasteiger partial charge in [-0.2, -0.15) is 0 Å². The van der Waals surface area contributed by atoms with E-state index in [9.17, 15) is 14.0 Å². The van der Waals surface area contributed by atoms with E-state index in [1.165, 1.54) is 12.1 Å². The van der Waals surface area contributed by atoms with Crippen molar-refractivity contribution in [2.75, 3.05) is 6.54 Å². The molecule has 2 amide bonds. The molecule has 4 nitrogen and oxygen atoms in total. The number of rotatable bonds is 4. The number of likely N-dealkylation sites (tertiary alicyclic amines) is 1. The molecule has 1 atom stereocenters. The Morgan fingerprint density at radius 2 is 1.79 bits per heavy atom. The molecule has 5 heteroatoms. The van der Waals surface area contributed by atoms with Gasteiger partial charge in [-0.25, -0.2) is 4.39 Å². The van der Waals surface area contributed by atoms with Crippen LogP contribution in [0.2, 0.25) is 0 Å². The fourth-order valence-corrected chi connectivity index (χ4v) is 3.97. The van der Waals surface area contributed by atoms with Crippen LogP contribution in [0.25, 0.3) is 0 Å². The molecule has 2 aliphatic rings. The first-order chi connectivity index (χ1) is 11.1. The van der Waals surface area contributed by atoms with Crippen molar-refractivity contribution in [2.24, 2.45) is 16.7 Å². The first-order valence-corrected chi connectivity index (χ1v) is 8.45. The number of hydrogen-bond acceptors (Lipinski definition) is 2. The van der Waals surface area contributed by atoms with Crippen LogP contribution >= 0.6 is 0 Å². The molecule has 24 heavy (non-hydrogen) atoms. The maximum absolute atomic E-state index is 13.0. The molecule has 0 aromatic heterocycles. The second-order valence-corrected chi connectivity index (χ2v) is 8.19. The quantitative estimate of drug-likeness (QED) is 0.922. The Balaban J connectivity index is 1.57. The van der Waals surface area contributed by atoms with E-state index in [1.807, 2.05) is 0 Å². The minimum Gasteiger partial charge on any atom is -0.351 e. The number of halogens is 1. The molecule has 0 spiro atoms. The van der Waals surface area contributed by atoms with Gasteiger partial charge in [0.05, 0.1) is 6.04 Å². The van der Waals surface area contributed by atoms with Gasteiger partial charge in [0.15, 0.2) is 0 Å². The van der Waals surface area contributed by atoms with Crippen molar-refractivity contribution in [1.82, 2.24) is 10.2 Å². The summed E-state index contributed by atoms with van der Waals surface area (Å²) in [7, 11) is 0. The second kappa shape index (κ2) is 5.57. The summed E-state index contributed by atoms with van der Waals surface area (Å²) < 4.78 is 13.0. The largest absolute Gasteiger partial charge is 0.351 e. The minimum atomic E-state index is -0.286. The summed E-state index contributed by atoms with van der Waals surface area (Å²) in [5.74, 6) is -0.220. The van der Waals surface area contributed by atoms with Crippen LogP contribution in [0.15, 0.2) is 24.3 Å². The van der Waals surface area contributed by atoms with Crippen molar-refractivity contribution >= 4 is 11.8 Å². The number of carbonyl (C=O) groups excluding carboxylic acids is 2. The molecule has 0 radical (unpaired) electrons. The molecular formula is C19H25FN2O2. The lowest BCUT2D eigenvalue weighted by atomic mass is 10.0. The van der Waals surface area contributed by atoms with Crippen molar-refractivity contribution in [3.63, 3.8) is 0 Å². The highest BCUT2D eigenvalue weighted by Crippen LogP contribution is 2.68. The van der Waals surface area contributed by atoms with Gasteiger partial charge >= 0.3 is 0 Å². The fourth-order valence-electron chi connectivity index (χ4n) is 3.97. The zero-order valence-corrected chi connectivity index (χ0v) is 14.7. The van der Waals surface area contributed by atoms with Crippen molar-refractivity contribution < 1.29 is 14.0 Å². The maximum Gasteiger partial charge on any atom is 0.225 e. The summed E-state index contributed by atoms with van der Waals surface area (Å²) >= 11 is 0. The van der Waals surface area contributed by atoms with Crippen molar-refractivity contribution in [3.8, 4) is 0 Å². The van der Waals surface area contributed by atoms with Crippen LogP contribution in [0.5, 0.6) is 0 Å². The molecule has 1 aliphatic carbocycles. The van der Waals surface area contributed by atoms with E-state index >= 15 is 0 Å². The third kappa shape index (κ3) is 2.80. The molecule has 1 N–H and O–H groups in total. The van der Waals surface area contributed by atoms with E-state index < -0.39 is 0 Å². The molecule has 1 aromatic carbocycles. The highest BCUT2D eigenvalue weighted by Gasteiger charge is 2.68. The molecule has 3 rings (SSSR count). The smallest absolute Gasteiger partial charge is 0.225 e. The number of carbonyl (C=O) groups is 2. The summed E-state index contributed by atoms with van der Waals surface area (Å²) in [6.07, 6.45) is 0.334. The Morgan fingerprint density at radius 1 is 1.21 bits per heavy atom. The topological polar surface area (TPSA) is 49.4 Å². The molecule has 1 saturated carbocycles. The Bertz CT molecular complexity index is 652. The molecular weight excluding hydrogens is 307 g/mol. The molecule has 1 saturated heterocycles. The number of nitrogens with zero attached hydrogens (tertiary/aromatic N) is 1. The monoisotopic (exact) mass is 332 g/mol. The van der Waals surface area contributed by atoms with E-state index in [1.54, 1.807) is 17.0 Å². The highest BCUT2D eigenvalue weighted by atomic mass is 19.1. The molecule has 0 bridgehead atoms. The molecule has 1 unspecified atom stereocenters. The summed E-state index contributed by atoms with van der Waals surface area (Å²) in [5, 5.41) is 3.05. The van der Waals surface area contributed by atoms with Gasteiger partial charge in [0, 0.05) is 25.4 Å². The van der Waals surface area contributed by atoms with Crippen LogP contribution < -0.4 is 5.32 Å².